The van der Waals surface area contributed by atoms with Crippen molar-refractivity contribution in [2.45, 2.75) is 13.8 Å². The third kappa shape index (κ3) is 2.88. The van der Waals surface area contributed by atoms with Crippen molar-refractivity contribution in [2.24, 2.45) is 0 Å². The molecule has 0 spiro atoms. The molecule has 4 nitrogen and oxygen atoms in total. The molecule has 98 valence electrons. The van der Waals surface area contributed by atoms with E-state index in [1.54, 1.807) is 19.1 Å². The number of nitrogens with two attached hydrogens (primary N) is 1. The smallest absolute Gasteiger partial charge is 0.256 e. The van der Waals surface area contributed by atoms with E-state index in [4.69, 9.17) is 5.73 Å². The summed E-state index contributed by atoms with van der Waals surface area (Å²) < 4.78 is 13.5. The average Bonchev–Trinajstić information content (AvgIpc) is 2.35. The highest BCUT2D eigenvalue weighted by Crippen LogP contribution is 2.18. The Morgan fingerprint density at radius 3 is 2.68 bits per heavy atom. The zero-order chi connectivity index (χ0) is 14.0. The first-order valence-electron chi connectivity index (χ1n) is 5.78. The van der Waals surface area contributed by atoms with E-state index in [-0.39, 0.29) is 11.3 Å². The maximum atomic E-state index is 13.5. The molecule has 0 fully saturated rings. The summed E-state index contributed by atoms with van der Waals surface area (Å²) in [6.45, 7) is 3.38. The van der Waals surface area contributed by atoms with Crippen LogP contribution in [0.2, 0.25) is 0 Å². The Bertz CT molecular complexity index is 617. The minimum absolute atomic E-state index is 0.170. The molecule has 0 radical (unpaired) electrons. The van der Waals surface area contributed by atoms with Gasteiger partial charge in [0, 0.05) is 22.5 Å². The van der Waals surface area contributed by atoms with Gasteiger partial charge in [0.25, 0.3) is 5.91 Å². The second-order valence-electron chi connectivity index (χ2n) is 4.29. The monoisotopic (exact) mass is 259 g/mol. The second-order valence-corrected chi connectivity index (χ2v) is 4.29. The molecule has 0 aliphatic rings. The maximum absolute atomic E-state index is 13.5. The maximum Gasteiger partial charge on any atom is 0.256 e. The lowest BCUT2D eigenvalue weighted by Gasteiger charge is -2.08. The van der Waals surface area contributed by atoms with Crippen LogP contribution in [0.1, 0.15) is 21.6 Å². The van der Waals surface area contributed by atoms with Crippen LogP contribution in [0.3, 0.4) is 0 Å². The van der Waals surface area contributed by atoms with Gasteiger partial charge in [-0.1, -0.05) is 6.07 Å². The van der Waals surface area contributed by atoms with Gasteiger partial charge in [0.15, 0.2) is 0 Å². The summed E-state index contributed by atoms with van der Waals surface area (Å²) in [5, 5.41) is 2.60. The number of nitrogens with one attached hydrogen (secondary N) is 1. The van der Waals surface area contributed by atoms with Crippen molar-refractivity contribution in [3.8, 4) is 0 Å². The van der Waals surface area contributed by atoms with Crippen molar-refractivity contribution in [2.75, 3.05) is 11.1 Å². The number of rotatable bonds is 2. The molecule has 1 heterocycles. The van der Waals surface area contributed by atoms with E-state index in [1.165, 1.54) is 6.07 Å². The molecule has 3 N–H and O–H groups in total. The van der Waals surface area contributed by atoms with Crippen molar-refractivity contribution in [1.82, 2.24) is 4.98 Å². The van der Waals surface area contributed by atoms with Crippen LogP contribution in [0.4, 0.5) is 15.9 Å². The Labute approximate surface area is 110 Å². The number of halogens is 1. The topological polar surface area (TPSA) is 68.0 Å². The number of benzene rings is 1. The fourth-order valence-corrected chi connectivity index (χ4v) is 1.63. The summed E-state index contributed by atoms with van der Waals surface area (Å²) in [5.41, 5.74) is 7.19. The van der Waals surface area contributed by atoms with Crippen LogP contribution in [0.5, 0.6) is 0 Å². The molecular formula is C14H14FN3O. The summed E-state index contributed by atoms with van der Waals surface area (Å²) in [4.78, 5) is 16.1. The van der Waals surface area contributed by atoms with Crippen molar-refractivity contribution in [1.29, 1.82) is 0 Å². The summed E-state index contributed by atoms with van der Waals surface area (Å²) in [6, 6.07) is 7.88. The number of aromatic nitrogens is 1. The van der Waals surface area contributed by atoms with Crippen molar-refractivity contribution < 1.29 is 9.18 Å². The third-order valence-electron chi connectivity index (χ3n) is 2.78. The average molecular weight is 259 g/mol. The molecule has 0 unspecified atom stereocenters. The number of carbonyl (C=O) groups excluding carboxylic acids is 1. The Balaban J connectivity index is 2.25. The normalized spacial score (nSPS) is 10.3. The minimum atomic E-state index is -0.498. The molecule has 0 saturated heterocycles. The number of nitrogens with zero attached hydrogens (tertiary/aromatic N) is 1. The first-order chi connectivity index (χ1) is 8.97. The molecule has 1 amide bonds. The molecule has 0 bridgehead atoms. The largest absolute Gasteiger partial charge is 0.398 e. The lowest BCUT2D eigenvalue weighted by atomic mass is 10.1. The molecule has 0 aliphatic heterocycles. The van der Waals surface area contributed by atoms with Gasteiger partial charge in [-0.2, -0.15) is 0 Å². The van der Waals surface area contributed by atoms with Crippen molar-refractivity contribution >= 4 is 17.4 Å². The van der Waals surface area contributed by atoms with E-state index in [9.17, 15) is 9.18 Å². The Morgan fingerprint density at radius 1 is 1.32 bits per heavy atom. The standard InChI is InChI=1S/C14H14FN3O/c1-8-4-3-5-13(17-8)18-14(19)10-6-11(15)9(2)12(16)7-10/h3-7H,16H2,1-2H3,(H,17,18,19). The van der Waals surface area contributed by atoms with E-state index in [1.807, 2.05) is 13.0 Å². The number of hydrogen-bond donors (Lipinski definition) is 2. The SMILES string of the molecule is Cc1cccc(NC(=O)c2cc(N)c(C)c(F)c2)n1. The van der Waals surface area contributed by atoms with E-state index >= 15 is 0 Å². The van der Waals surface area contributed by atoms with Crippen LogP contribution in [-0.2, 0) is 0 Å². The summed E-state index contributed by atoms with van der Waals surface area (Å²) in [7, 11) is 0. The highest BCUT2D eigenvalue weighted by Gasteiger charge is 2.11. The van der Waals surface area contributed by atoms with Crippen LogP contribution in [0.25, 0.3) is 0 Å². The molecule has 0 saturated carbocycles. The minimum Gasteiger partial charge on any atom is -0.398 e. The third-order valence-corrected chi connectivity index (χ3v) is 2.78. The van der Waals surface area contributed by atoms with Crippen LogP contribution in [0, 0.1) is 19.7 Å². The van der Waals surface area contributed by atoms with Gasteiger partial charge in [-0.25, -0.2) is 9.37 Å². The molecule has 2 aromatic rings. The van der Waals surface area contributed by atoms with Crippen molar-refractivity contribution in [3.63, 3.8) is 0 Å². The van der Waals surface area contributed by atoms with Crippen LogP contribution >= 0.6 is 0 Å². The highest BCUT2D eigenvalue weighted by atomic mass is 19.1. The van der Waals surface area contributed by atoms with E-state index in [0.717, 1.165) is 11.8 Å². The number of anilines is 2. The van der Waals surface area contributed by atoms with Gasteiger partial charge in [0.05, 0.1) is 0 Å². The molecular weight excluding hydrogens is 245 g/mol. The number of carbonyl (C=O) groups is 1. The first-order valence-corrected chi connectivity index (χ1v) is 5.78. The van der Waals surface area contributed by atoms with Gasteiger partial charge in [0.2, 0.25) is 0 Å². The zero-order valence-electron chi connectivity index (χ0n) is 10.7. The molecule has 1 aromatic carbocycles. The Hall–Kier alpha value is -2.43. The molecule has 1 aromatic heterocycles. The quantitative estimate of drug-likeness (QED) is 0.815. The number of pyridine rings is 1. The highest BCUT2D eigenvalue weighted by molar-refractivity contribution is 6.04. The zero-order valence-corrected chi connectivity index (χ0v) is 10.7. The summed E-state index contributed by atoms with van der Waals surface area (Å²) in [5.74, 6) is -0.518. The molecule has 0 aliphatic carbocycles. The van der Waals surface area contributed by atoms with Gasteiger partial charge in [-0.3, -0.25) is 4.79 Å². The first kappa shape index (κ1) is 13.0. The van der Waals surface area contributed by atoms with Gasteiger partial charge in [0.1, 0.15) is 11.6 Å². The van der Waals surface area contributed by atoms with Gasteiger partial charge in [-0.05, 0) is 38.1 Å². The lowest BCUT2D eigenvalue weighted by molar-refractivity contribution is 0.102. The number of hydrogen-bond acceptors (Lipinski definition) is 3. The van der Waals surface area contributed by atoms with Gasteiger partial charge < -0.3 is 11.1 Å². The van der Waals surface area contributed by atoms with Crippen LogP contribution in [-0.4, -0.2) is 10.9 Å². The van der Waals surface area contributed by atoms with E-state index in [2.05, 4.69) is 10.3 Å². The molecule has 0 atom stereocenters. The van der Waals surface area contributed by atoms with Gasteiger partial charge >= 0.3 is 0 Å². The Morgan fingerprint density at radius 2 is 2.05 bits per heavy atom. The second kappa shape index (κ2) is 5.06. The summed E-state index contributed by atoms with van der Waals surface area (Å²) >= 11 is 0. The van der Waals surface area contributed by atoms with E-state index in [0.29, 0.717) is 11.4 Å². The number of nitrogen functional groups attached to an aromatic ring is 1. The van der Waals surface area contributed by atoms with E-state index < -0.39 is 11.7 Å². The molecule has 2 rings (SSSR count). The van der Waals surface area contributed by atoms with Gasteiger partial charge in [-0.15, -0.1) is 0 Å². The lowest BCUT2D eigenvalue weighted by Crippen LogP contribution is -2.14. The Kier molecular flexibility index (Phi) is 3.46. The number of aryl methyl sites for hydroxylation is 1. The molecule has 19 heavy (non-hydrogen) atoms. The van der Waals surface area contributed by atoms with Crippen LogP contribution < -0.4 is 11.1 Å². The van der Waals surface area contributed by atoms with Crippen LogP contribution in [0.15, 0.2) is 30.3 Å². The summed E-state index contributed by atoms with van der Waals surface area (Å²) in [6.07, 6.45) is 0. The van der Waals surface area contributed by atoms with Crippen molar-refractivity contribution in [3.05, 3.63) is 53.0 Å². The predicted molar refractivity (Wildman–Crippen MR) is 72.5 cm³/mol. The predicted octanol–water partition coefficient (Wildman–Crippen LogP) is 2.67. The number of amides is 1. The fraction of sp³-hybridized carbons (Fsp3) is 0.143. The fourth-order valence-electron chi connectivity index (χ4n) is 1.63. The molecule has 5 heteroatoms.